The predicted octanol–water partition coefficient (Wildman–Crippen LogP) is 2.67. The highest BCUT2D eigenvalue weighted by molar-refractivity contribution is 5.86. The van der Waals surface area contributed by atoms with E-state index in [1.807, 2.05) is 26.0 Å². The smallest absolute Gasteiger partial charge is 0.124 e. The normalized spacial score (nSPS) is 19.8. The summed E-state index contributed by atoms with van der Waals surface area (Å²) in [4.78, 5) is 5.59. The van der Waals surface area contributed by atoms with Gasteiger partial charge in [-0.3, -0.25) is 4.90 Å². The van der Waals surface area contributed by atoms with E-state index in [0.29, 0.717) is 30.4 Å². The number of nitrogen functional groups attached to an aromatic ring is 1. The Labute approximate surface area is 148 Å². The zero-order valence-corrected chi connectivity index (χ0v) is 14.7. The van der Waals surface area contributed by atoms with E-state index in [1.165, 1.54) is 5.56 Å². The van der Waals surface area contributed by atoms with Crippen LogP contribution in [-0.2, 0) is 11.2 Å². The number of phenolic OH excluding ortho intramolecular Hbond substituents is 1. The molecule has 25 heavy (non-hydrogen) atoms. The van der Waals surface area contributed by atoms with Crippen molar-refractivity contribution < 1.29 is 9.84 Å². The molecule has 1 fully saturated rings. The molecule has 0 bridgehead atoms. The molecule has 0 radical (unpaired) electrons. The standard InChI is InChI=1S/C17H20N4O2.C2H6/c18-12(10-3-1-2-4-15(10)22)7-11-16-13(20-17(11)19)5-6-21-9-23-8-14(16)21;1-2/h1-4,7,14,20,22H,5-6,8-9,18-19H2;1-2H3/b12-7-;. The second-order valence-electron chi connectivity index (χ2n) is 6.04. The minimum absolute atomic E-state index is 0.162. The molecule has 0 amide bonds. The number of fused-ring (bicyclic) bond motifs is 3. The average molecular weight is 342 g/mol. The molecule has 2 aliphatic rings. The zero-order chi connectivity index (χ0) is 18.0. The van der Waals surface area contributed by atoms with Gasteiger partial charge in [0.05, 0.1) is 19.4 Å². The first-order valence-corrected chi connectivity index (χ1v) is 8.72. The summed E-state index contributed by atoms with van der Waals surface area (Å²) >= 11 is 0. The van der Waals surface area contributed by atoms with Crippen molar-refractivity contribution in [2.24, 2.45) is 5.73 Å². The topological polar surface area (TPSA) is 101 Å². The van der Waals surface area contributed by atoms with Gasteiger partial charge in [0.1, 0.15) is 11.6 Å². The van der Waals surface area contributed by atoms with Crippen molar-refractivity contribution in [3.63, 3.8) is 0 Å². The maximum absolute atomic E-state index is 9.98. The van der Waals surface area contributed by atoms with Crippen LogP contribution >= 0.6 is 0 Å². The van der Waals surface area contributed by atoms with Crippen LogP contribution in [0.25, 0.3) is 11.8 Å². The van der Waals surface area contributed by atoms with Crippen molar-refractivity contribution in [1.29, 1.82) is 0 Å². The number of nitrogens with one attached hydrogen (secondary N) is 1. The van der Waals surface area contributed by atoms with Gasteiger partial charge in [-0.05, 0) is 18.2 Å². The number of aromatic amines is 1. The number of para-hydroxylation sites is 1. The lowest BCUT2D eigenvalue weighted by Gasteiger charge is -2.28. The zero-order valence-electron chi connectivity index (χ0n) is 14.7. The van der Waals surface area contributed by atoms with Crippen molar-refractivity contribution >= 4 is 17.6 Å². The Morgan fingerprint density at radius 1 is 1.36 bits per heavy atom. The van der Waals surface area contributed by atoms with Gasteiger partial charge in [0.15, 0.2) is 0 Å². The summed E-state index contributed by atoms with van der Waals surface area (Å²) in [6, 6.07) is 7.25. The van der Waals surface area contributed by atoms with E-state index >= 15 is 0 Å². The van der Waals surface area contributed by atoms with Crippen LogP contribution in [0.4, 0.5) is 5.82 Å². The van der Waals surface area contributed by atoms with E-state index < -0.39 is 0 Å². The molecule has 6 N–H and O–H groups in total. The Morgan fingerprint density at radius 3 is 2.88 bits per heavy atom. The number of ether oxygens (including phenoxy) is 1. The van der Waals surface area contributed by atoms with Crippen molar-refractivity contribution in [2.45, 2.75) is 26.3 Å². The highest BCUT2D eigenvalue weighted by Crippen LogP contribution is 2.39. The molecule has 1 unspecified atom stereocenters. The molecule has 3 heterocycles. The largest absolute Gasteiger partial charge is 0.507 e. The second-order valence-corrected chi connectivity index (χ2v) is 6.04. The highest BCUT2D eigenvalue weighted by Gasteiger charge is 2.35. The number of nitrogens with zero attached hydrogens (tertiary/aromatic N) is 1. The maximum Gasteiger partial charge on any atom is 0.124 e. The SMILES string of the molecule is CC.N/C(=C\c1c(N)[nH]c2c1C1COCN1CC2)c1ccccc1O. The molecule has 6 heteroatoms. The number of aromatic nitrogens is 1. The minimum Gasteiger partial charge on any atom is -0.507 e. The Kier molecular flexibility index (Phi) is 5.01. The number of H-pyrrole nitrogens is 1. The number of rotatable bonds is 2. The van der Waals surface area contributed by atoms with Gasteiger partial charge in [0, 0.05) is 41.0 Å². The van der Waals surface area contributed by atoms with Gasteiger partial charge in [0.2, 0.25) is 0 Å². The van der Waals surface area contributed by atoms with Crippen LogP contribution in [0.2, 0.25) is 0 Å². The van der Waals surface area contributed by atoms with Gasteiger partial charge in [-0.25, -0.2) is 0 Å². The van der Waals surface area contributed by atoms with E-state index in [4.69, 9.17) is 16.2 Å². The first-order chi connectivity index (χ1) is 12.1. The van der Waals surface area contributed by atoms with E-state index in [2.05, 4.69) is 9.88 Å². The number of anilines is 1. The number of hydrogen-bond donors (Lipinski definition) is 4. The molecule has 4 rings (SSSR count). The number of hydrogen-bond acceptors (Lipinski definition) is 5. The lowest BCUT2D eigenvalue weighted by molar-refractivity contribution is 0.137. The quantitative estimate of drug-likeness (QED) is 0.672. The summed E-state index contributed by atoms with van der Waals surface area (Å²) in [7, 11) is 0. The van der Waals surface area contributed by atoms with Crippen LogP contribution in [0, 0.1) is 0 Å². The maximum atomic E-state index is 9.98. The molecule has 1 aromatic heterocycles. The van der Waals surface area contributed by atoms with Gasteiger partial charge in [-0.1, -0.05) is 26.0 Å². The van der Waals surface area contributed by atoms with Crippen molar-refractivity contribution in [3.8, 4) is 5.75 Å². The number of phenols is 1. The van der Waals surface area contributed by atoms with Crippen LogP contribution in [0.15, 0.2) is 24.3 Å². The Morgan fingerprint density at radius 2 is 2.12 bits per heavy atom. The van der Waals surface area contributed by atoms with Gasteiger partial charge < -0.3 is 26.3 Å². The molecular weight excluding hydrogens is 316 g/mol. The van der Waals surface area contributed by atoms with Gasteiger partial charge >= 0.3 is 0 Å². The summed E-state index contributed by atoms with van der Waals surface area (Å²) < 4.78 is 5.60. The molecule has 2 aliphatic heterocycles. The minimum atomic E-state index is 0.162. The van der Waals surface area contributed by atoms with Crippen LogP contribution in [0.3, 0.4) is 0 Å². The molecule has 1 aromatic carbocycles. The van der Waals surface area contributed by atoms with Crippen LogP contribution < -0.4 is 11.5 Å². The lowest BCUT2D eigenvalue weighted by atomic mass is 9.95. The summed E-state index contributed by atoms with van der Waals surface area (Å²) in [5, 5.41) is 9.98. The number of nitrogens with two attached hydrogens (primary N) is 2. The van der Waals surface area contributed by atoms with Crippen molar-refractivity contribution in [1.82, 2.24) is 9.88 Å². The fourth-order valence-corrected chi connectivity index (χ4v) is 3.51. The molecule has 0 saturated carbocycles. The summed E-state index contributed by atoms with van der Waals surface area (Å²) in [6.07, 6.45) is 2.77. The third-order valence-electron chi connectivity index (χ3n) is 4.66. The fourth-order valence-electron chi connectivity index (χ4n) is 3.51. The van der Waals surface area contributed by atoms with Crippen LogP contribution in [0.5, 0.6) is 5.75 Å². The van der Waals surface area contributed by atoms with Crippen LogP contribution in [-0.4, -0.2) is 34.9 Å². The van der Waals surface area contributed by atoms with Crippen molar-refractivity contribution in [2.75, 3.05) is 25.6 Å². The van der Waals surface area contributed by atoms with E-state index in [-0.39, 0.29) is 11.8 Å². The molecule has 0 spiro atoms. The molecular formula is C19H26N4O2. The highest BCUT2D eigenvalue weighted by atomic mass is 16.5. The number of benzene rings is 1. The molecule has 1 saturated heterocycles. The molecule has 2 aromatic rings. The van der Waals surface area contributed by atoms with Crippen molar-refractivity contribution in [3.05, 3.63) is 46.6 Å². The monoisotopic (exact) mass is 342 g/mol. The first kappa shape index (κ1) is 17.4. The third kappa shape index (κ3) is 3.10. The molecule has 134 valence electrons. The Hall–Kier alpha value is -2.44. The summed E-state index contributed by atoms with van der Waals surface area (Å²) in [5.74, 6) is 0.775. The lowest BCUT2D eigenvalue weighted by Crippen LogP contribution is -2.31. The van der Waals surface area contributed by atoms with Crippen LogP contribution in [0.1, 0.15) is 42.3 Å². The van der Waals surface area contributed by atoms with E-state index in [0.717, 1.165) is 24.2 Å². The Balaban J connectivity index is 0.000000880. The summed E-state index contributed by atoms with van der Waals surface area (Å²) in [6.45, 7) is 6.30. The molecule has 0 aliphatic carbocycles. The third-order valence-corrected chi connectivity index (χ3v) is 4.66. The second kappa shape index (κ2) is 7.21. The predicted molar refractivity (Wildman–Crippen MR) is 101 cm³/mol. The molecule has 1 atom stereocenters. The van der Waals surface area contributed by atoms with E-state index in [1.54, 1.807) is 18.2 Å². The van der Waals surface area contributed by atoms with Gasteiger partial charge in [-0.15, -0.1) is 0 Å². The number of aromatic hydroxyl groups is 1. The van der Waals surface area contributed by atoms with E-state index in [9.17, 15) is 5.11 Å². The Bertz CT molecular complexity index is 782. The average Bonchev–Trinajstić information content (AvgIpc) is 3.21. The fraction of sp³-hybridized carbons (Fsp3) is 0.368. The van der Waals surface area contributed by atoms with Gasteiger partial charge in [-0.2, -0.15) is 0 Å². The summed E-state index contributed by atoms with van der Waals surface area (Å²) in [5.41, 5.74) is 16.7. The van der Waals surface area contributed by atoms with Gasteiger partial charge in [0.25, 0.3) is 0 Å². The first-order valence-electron chi connectivity index (χ1n) is 8.72. The molecule has 6 nitrogen and oxygen atoms in total.